The van der Waals surface area contributed by atoms with E-state index in [1.165, 1.54) is 111 Å². The molecule has 0 fully saturated rings. The molecule has 8 aromatic carbocycles. The van der Waals surface area contributed by atoms with Gasteiger partial charge in [0.2, 0.25) is 0 Å². The zero-order valence-corrected chi connectivity index (χ0v) is 32.3. The molecule has 2 spiro atoms. The second kappa shape index (κ2) is 11.2. The predicted octanol–water partition coefficient (Wildman–Crippen LogP) is 14.3. The van der Waals surface area contributed by atoms with Crippen LogP contribution in [0.4, 0.5) is 0 Å². The van der Waals surface area contributed by atoms with E-state index in [0.29, 0.717) is 11.8 Å². The zero-order chi connectivity index (χ0) is 37.5. The van der Waals surface area contributed by atoms with Gasteiger partial charge in [-0.25, -0.2) is 0 Å². The van der Waals surface area contributed by atoms with Crippen LogP contribution in [0.2, 0.25) is 0 Å². The second-order valence-electron chi connectivity index (χ2n) is 17.1. The van der Waals surface area contributed by atoms with Crippen molar-refractivity contribution in [3.8, 4) is 55.6 Å². The van der Waals surface area contributed by atoms with Crippen molar-refractivity contribution in [3.05, 3.63) is 225 Å². The first kappa shape index (κ1) is 32.0. The Kier molecular flexibility index (Phi) is 6.40. The van der Waals surface area contributed by atoms with Gasteiger partial charge in [0.05, 0.1) is 10.8 Å². The molecule has 56 heavy (non-hydrogen) atoms. The lowest BCUT2D eigenvalue weighted by atomic mass is 9.69. The van der Waals surface area contributed by atoms with Crippen molar-refractivity contribution in [3.63, 3.8) is 0 Å². The summed E-state index contributed by atoms with van der Waals surface area (Å²) in [6.07, 6.45) is 0. The minimum Gasteiger partial charge on any atom is -0.0619 e. The van der Waals surface area contributed by atoms with Crippen LogP contribution in [0.25, 0.3) is 55.6 Å². The fourth-order valence-electron chi connectivity index (χ4n) is 11.4. The molecule has 4 aliphatic carbocycles. The van der Waals surface area contributed by atoms with E-state index < -0.39 is 0 Å². The van der Waals surface area contributed by atoms with E-state index in [9.17, 15) is 0 Å². The molecule has 0 saturated heterocycles. The highest BCUT2D eigenvalue weighted by molar-refractivity contribution is 5.98. The lowest BCUT2D eigenvalue weighted by Gasteiger charge is -2.32. The number of rotatable bonds is 3. The van der Waals surface area contributed by atoms with Crippen molar-refractivity contribution in [2.45, 2.75) is 50.4 Å². The molecule has 0 heterocycles. The van der Waals surface area contributed by atoms with Gasteiger partial charge < -0.3 is 0 Å². The molecule has 8 aromatic rings. The summed E-state index contributed by atoms with van der Waals surface area (Å²) in [4.78, 5) is 0. The molecular weight excluding hydrogens is 673 g/mol. The van der Waals surface area contributed by atoms with E-state index in [1.54, 1.807) is 0 Å². The van der Waals surface area contributed by atoms with E-state index in [4.69, 9.17) is 0 Å². The molecule has 12 rings (SSSR count). The van der Waals surface area contributed by atoms with Crippen LogP contribution in [0.1, 0.15) is 95.2 Å². The van der Waals surface area contributed by atoms with Gasteiger partial charge in [0.25, 0.3) is 0 Å². The van der Waals surface area contributed by atoms with Crippen molar-refractivity contribution in [1.82, 2.24) is 0 Å². The zero-order valence-electron chi connectivity index (χ0n) is 32.3. The monoisotopic (exact) mass is 714 g/mol. The topological polar surface area (TPSA) is 0 Å². The minimum atomic E-state index is -0.385. The lowest BCUT2D eigenvalue weighted by molar-refractivity contribution is 0.783. The van der Waals surface area contributed by atoms with E-state index in [-0.39, 0.29) is 10.8 Å². The number of hydrogen-bond acceptors (Lipinski definition) is 0. The van der Waals surface area contributed by atoms with Gasteiger partial charge in [0, 0.05) is 0 Å². The van der Waals surface area contributed by atoms with Crippen LogP contribution >= 0.6 is 0 Å². The SMILES string of the molecule is CC(C)c1ccc2c(c1)C1(c3ccccc3-c3ccccc31)c1cc(-c3ccc4c(c3)C3(c5ccccc5-c5ccccc53)c3cc(C(C)C)ccc3-4)ccc1-2. The summed E-state index contributed by atoms with van der Waals surface area (Å²) in [6, 6.07) is 65.9. The van der Waals surface area contributed by atoms with Crippen LogP contribution in [0.3, 0.4) is 0 Å². The lowest BCUT2D eigenvalue weighted by Crippen LogP contribution is -2.26. The van der Waals surface area contributed by atoms with Crippen LogP contribution in [0.5, 0.6) is 0 Å². The molecule has 266 valence electrons. The van der Waals surface area contributed by atoms with Crippen LogP contribution in [-0.4, -0.2) is 0 Å². The van der Waals surface area contributed by atoms with Crippen molar-refractivity contribution in [2.24, 2.45) is 0 Å². The highest BCUT2D eigenvalue weighted by Crippen LogP contribution is 2.65. The molecule has 0 heteroatoms. The molecule has 0 nitrogen and oxygen atoms in total. The van der Waals surface area contributed by atoms with Gasteiger partial charge in [0.1, 0.15) is 0 Å². The first-order valence-corrected chi connectivity index (χ1v) is 20.4. The van der Waals surface area contributed by atoms with E-state index in [1.807, 2.05) is 0 Å². The predicted molar refractivity (Wildman–Crippen MR) is 233 cm³/mol. The fourth-order valence-corrected chi connectivity index (χ4v) is 11.4. The quantitative estimate of drug-likeness (QED) is 0.171. The molecule has 0 atom stereocenters. The van der Waals surface area contributed by atoms with Crippen LogP contribution in [0.15, 0.2) is 170 Å². The average molecular weight is 715 g/mol. The van der Waals surface area contributed by atoms with Gasteiger partial charge in [0.15, 0.2) is 0 Å². The molecule has 4 aliphatic rings. The Hall–Kier alpha value is -6.24. The van der Waals surface area contributed by atoms with Gasteiger partial charge >= 0.3 is 0 Å². The summed E-state index contributed by atoms with van der Waals surface area (Å²) in [5.41, 5.74) is 26.5. The van der Waals surface area contributed by atoms with Crippen molar-refractivity contribution < 1.29 is 0 Å². The summed E-state index contributed by atoms with van der Waals surface area (Å²) >= 11 is 0. The normalized spacial score (nSPS) is 15.0. The van der Waals surface area contributed by atoms with Crippen molar-refractivity contribution >= 4 is 0 Å². The summed E-state index contributed by atoms with van der Waals surface area (Å²) in [5, 5.41) is 0. The third kappa shape index (κ3) is 3.80. The number of hydrogen-bond donors (Lipinski definition) is 0. The van der Waals surface area contributed by atoms with E-state index in [2.05, 4.69) is 198 Å². The Morgan fingerprint density at radius 1 is 0.268 bits per heavy atom. The van der Waals surface area contributed by atoms with Gasteiger partial charge in [-0.2, -0.15) is 0 Å². The molecule has 0 saturated carbocycles. The minimum absolute atomic E-state index is 0.385. The van der Waals surface area contributed by atoms with E-state index in [0.717, 1.165) is 0 Å². The molecule has 0 amide bonds. The van der Waals surface area contributed by atoms with Gasteiger partial charge in [-0.05, 0) is 135 Å². The Morgan fingerprint density at radius 2 is 0.536 bits per heavy atom. The number of fused-ring (bicyclic) bond motifs is 20. The smallest absolute Gasteiger partial charge is 0.0619 e. The highest BCUT2D eigenvalue weighted by Gasteiger charge is 2.53. The first-order chi connectivity index (χ1) is 27.4. The van der Waals surface area contributed by atoms with Crippen LogP contribution in [0, 0.1) is 0 Å². The van der Waals surface area contributed by atoms with Gasteiger partial charge in [-0.1, -0.05) is 185 Å². The van der Waals surface area contributed by atoms with Crippen molar-refractivity contribution in [1.29, 1.82) is 0 Å². The molecule has 0 unspecified atom stereocenters. The Labute approximate surface area is 330 Å². The van der Waals surface area contributed by atoms with Gasteiger partial charge in [-0.3, -0.25) is 0 Å². The first-order valence-electron chi connectivity index (χ1n) is 20.4. The Bertz CT molecular complexity index is 2690. The maximum Gasteiger partial charge on any atom is 0.0725 e. The highest BCUT2D eigenvalue weighted by atomic mass is 14.5. The summed E-state index contributed by atoms with van der Waals surface area (Å²) < 4.78 is 0. The Morgan fingerprint density at radius 3 is 0.857 bits per heavy atom. The third-order valence-electron chi connectivity index (χ3n) is 13.9. The molecule has 0 radical (unpaired) electrons. The maximum absolute atomic E-state index is 2.55. The standard InChI is InChI=1S/C56H42/c1-33(2)35-21-25-43-45-27-23-37(31-53(45)55(51(43)29-35)47-17-9-5-13-39(47)40-14-6-10-18-48(40)55)38-24-28-46-44-26-22-36(34(3)4)30-52(44)56(54(46)32-38)49-19-11-7-15-41(49)42-16-8-12-20-50(42)56/h5-34H,1-4H3. The van der Waals surface area contributed by atoms with Crippen LogP contribution < -0.4 is 0 Å². The number of benzene rings is 8. The second-order valence-corrected chi connectivity index (χ2v) is 17.1. The summed E-state index contributed by atoms with van der Waals surface area (Å²) in [5.74, 6) is 0.877. The summed E-state index contributed by atoms with van der Waals surface area (Å²) in [7, 11) is 0. The molecular formula is C56H42. The largest absolute Gasteiger partial charge is 0.0725 e. The van der Waals surface area contributed by atoms with E-state index >= 15 is 0 Å². The molecule has 0 N–H and O–H groups in total. The Balaban J connectivity index is 1.13. The molecule has 0 bridgehead atoms. The van der Waals surface area contributed by atoms with Crippen molar-refractivity contribution in [2.75, 3.05) is 0 Å². The van der Waals surface area contributed by atoms with Crippen LogP contribution in [-0.2, 0) is 10.8 Å². The van der Waals surface area contributed by atoms with Gasteiger partial charge in [-0.15, -0.1) is 0 Å². The fraction of sp³-hybridized carbons (Fsp3) is 0.143. The maximum atomic E-state index is 2.55. The molecule has 0 aliphatic heterocycles. The average Bonchev–Trinajstić information content (AvgIpc) is 3.91. The summed E-state index contributed by atoms with van der Waals surface area (Å²) in [6.45, 7) is 9.26. The third-order valence-corrected chi connectivity index (χ3v) is 13.9. The molecule has 0 aromatic heterocycles.